The molecule has 1 N–H and O–H groups in total. The Morgan fingerprint density at radius 3 is 2.78 bits per heavy atom. The zero-order valence-electron chi connectivity index (χ0n) is 14.3. The van der Waals surface area contributed by atoms with E-state index in [1.54, 1.807) is 0 Å². The molecule has 1 fully saturated rings. The number of ether oxygens (including phenoxy) is 1. The SMILES string of the molecule is C[C@H](NC(=O)OC(C)(C)C)[C@H]1CCCN(C(=O)c2cccs2)C1. The Bertz CT molecular complexity index is 537. The van der Waals surface area contributed by atoms with E-state index in [1.807, 2.05) is 50.1 Å². The first-order valence-electron chi connectivity index (χ1n) is 8.08. The minimum Gasteiger partial charge on any atom is -0.444 e. The minimum absolute atomic E-state index is 0.0243. The Kier molecular flexibility index (Phi) is 5.68. The van der Waals surface area contributed by atoms with E-state index in [1.165, 1.54) is 11.3 Å². The molecule has 0 saturated carbocycles. The van der Waals surface area contributed by atoms with Crippen LogP contribution in [0.3, 0.4) is 0 Å². The lowest BCUT2D eigenvalue weighted by atomic mass is 9.91. The van der Waals surface area contributed by atoms with Crippen molar-refractivity contribution in [2.75, 3.05) is 13.1 Å². The molecular formula is C17H26N2O3S. The van der Waals surface area contributed by atoms with Crippen LogP contribution in [0.1, 0.15) is 50.2 Å². The second-order valence-corrected chi connectivity index (χ2v) is 8.01. The molecule has 0 spiro atoms. The lowest BCUT2D eigenvalue weighted by Gasteiger charge is -2.36. The number of likely N-dealkylation sites (tertiary alicyclic amines) is 1. The zero-order valence-corrected chi connectivity index (χ0v) is 15.1. The van der Waals surface area contributed by atoms with E-state index in [9.17, 15) is 9.59 Å². The van der Waals surface area contributed by atoms with Crippen LogP contribution < -0.4 is 5.32 Å². The molecule has 1 saturated heterocycles. The van der Waals surface area contributed by atoms with Gasteiger partial charge in [-0.3, -0.25) is 4.79 Å². The fraction of sp³-hybridized carbons (Fsp3) is 0.647. The Morgan fingerprint density at radius 2 is 2.17 bits per heavy atom. The van der Waals surface area contributed by atoms with Crippen LogP contribution in [-0.4, -0.2) is 41.6 Å². The molecule has 1 aliphatic heterocycles. The summed E-state index contributed by atoms with van der Waals surface area (Å²) in [6, 6.07) is 3.73. The lowest BCUT2D eigenvalue weighted by Crippen LogP contribution is -2.48. The van der Waals surface area contributed by atoms with E-state index in [0.29, 0.717) is 6.54 Å². The van der Waals surface area contributed by atoms with Crippen LogP contribution in [0, 0.1) is 5.92 Å². The Balaban J connectivity index is 1.90. The maximum absolute atomic E-state index is 12.5. The third kappa shape index (κ3) is 5.23. The van der Waals surface area contributed by atoms with Crippen LogP contribution in [0.5, 0.6) is 0 Å². The van der Waals surface area contributed by atoms with Gasteiger partial charge in [0.25, 0.3) is 5.91 Å². The highest BCUT2D eigenvalue weighted by atomic mass is 32.1. The van der Waals surface area contributed by atoms with Crippen molar-refractivity contribution in [3.8, 4) is 0 Å². The second kappa shape index (κ2) is 7.34. The Hall–Kier alpha value is -1.56. The van der Waals surface area contributed by atoms with Gasteiger partial charge in [0, 0.05) is 19.1 Å². The van der Waals surface area contributed by atoms with Gasteiger partial charge in [-0.05, 0) is 57.9 Å². The molecule has 1 aromatic heterocycles. The van der Waals surface area contributed by atoms with Gasteiger partial charge < -0.3 is 15.0 Å². The van der Waals surface area contributed by atoms with Crippen LogP contribution in [-0.2, 0) is 4.74 Å². The van der Waals surface area contributed by atoms with Gasteiger partial charge in [0.2, 0.25) is 0 Å². The molecule has 5 nitrogen and oxygen atoms in total. The molecule has 2 heterocycles. The molecule has 2 amide bonds. The topological polar surface area (TPSA) is 58.6 Å². The van der Waals surface area contributed by atoms with Gasteiger partial charge in [-0.25, -0.2) is 4.79 Å². The van der Waals surface area contributed by atoms with Crippen molar-refractivity contribution in [3.05, 3.63) is 22.4 Å². The normalized spacial score (nSPS) is 20.0. The average Bonchev–Trinajstić information content (AvgIpc) is 2.98. The van der Waals surface area contributed by atoms with Crippen LogP contribution in [0.15, 0.2) is 17.5 Å². The first-order chi connectivity index (χ1) is 10.8. The highest BCUT2D eigenvalue weighted by Crippen LogP contribution is 2.23. The van der Waals surface area contributed by atoms with Gasteiger partial charge in [0.05, 0.1) is 4.88 Å². The summed E-state index contributed by atoms with van der Waals surface area (Å²) in [6.45, 7) is 8.98. The largest absolute Gasteiger partial charge is 0.444 e. The van der Waals surface area contributed by atoms with Crippen molar-refractivity contribution >= 4 is 23.3 Å². The molecule has 0 aliphatic carbocycles. The smallest absolute Gasteiger partial charge is 0.407 e. The third-order valence-corrected chi connectivity index (χ3v) is 4.79. The van der Waals surface area contributed by atoms with Gasteiger partial charge in [-0.15, -0.1) is 11.3 Å². The van der Waals surface area contributed by atoms with Crippen LogP contribution in [0.25, 0.3) is 0 Å². The fourth-order valence-electron chi connectivity index (χ4n) is 2.77. The second-order valence-electron chi connectivity index (χ2n) is 7.07. The van der Waals surface area contributed by atoms with Crippen molar-refractivity contribution in [3.63, 3.8) is 0 Å². The van der Waals surface area contributed by atoms with Gasteiger partial charge >= 0.3 is 6.09 Å². The number of piperidine rings is 1. The highest BCUT2D eigenvalue weighted by molar-refractivity contribution is 7.12. The van der Waals surface area contributed by atoms with Crippen molar-refractivity contribution < 1.29 is 14.3 Å². The summed E-state index contributed by atoms with van der Waals surface area (Å²) in [5, 5.41) is 4.82. The summed E-state index contributed by atoms with van der Waals surface area (Å²) in [5.74, 6) is 0.342. The number of hydrogen-bond donors (Lipinski definition) is 1. The number of amides is 2. The first-order valence-corrected chi connectivity index (χ1v) is 8.96. The Labute approximate surface area is 142 Å². The fourth-order valence-corrected chi connectivity index (χ4v) is 3.46. The zero-order chi connectivity index (χ0) is 17.0. The molecule has 0 radical (unpaired) electrons. The van der Waals surface area contributed by atoms with Crippen molar-refractivity contribution in [2.45, 2.75) is 52.2 Å². The summed E-state index contributed by atoms with van der Waals surface area (Å²) in [7, 11) is 0. The minimum atomic E-state index is -0.502. The van der Waals surface area contributed by atoms with E-state index < -0.39 is 11.7 Å². The molecule has 2 atom stereocenters. The van der Waals surface area contributed by atoms with E-state index >= 15 is 0 Å². The van der Waals surface area contributed by atoms with Gasteiger partial charge in [-0.2, -0.15) is 0 Å². The number of carbonyl (C=O) groups is 2. The summed E-state index contributed by atoms with van der Waals surface area (Å²) < 4.78 is 5.30. The number of hydrogen-bond acceptors (Lipinski definition) is 4. The number of carbonyl (C=O) groups excluding carboxylic acids is 2. The van der Waals surface area contributed by atoms with E-state index in [4.69, 9.17) is 4.74 Å². The van der Waals surface area contributed by atoms with E-state index in [-0.39, 0.29) is 17.9 Å². The summed E-state index contributed by atoms with van der Waals surface area (Å²) in [4.78, 5) is 27.0. The van der Waals surface area contributed by atoms with Crippen LogP contribution >= 0.6 is 11.3 Å². The molecule has 0 unspecified atom stereocenters. The Morgan fingerprint density at radius 1 is 1.43 bits per heavy atom. The monoisotopic (exact) mass is 338 g/mol. The van der Waals surface area contributed by atoms with Crippen LogP contribution in [0.2, 0.25) is 0 Å². The first kappa shape index (κ1) is 17.8. The lowest BCUT2D eigenvalue weighted by molar-refractivity contribution is 0.0461. The maximum Gasteiger partial charge on any atom is 0.407 e. The predicted molar refractivity (Wildman–Crippen MR) is 91.8 cm³/mol. The van der Waals surface area contributed by atoms with Crippen molar-refractivity contribution in [2.24, 2.45) is 5.92 Å². The molecule has 1 aromatic rings. The van der Waals surface area contributed by atoms with Crippen molar-refractivity contribution in [1.29, 1.82) is 0 Å². The number of nitrogens with zero attached hydrogens (tertiary/aromatic N) is 1. The summed E-state index contributed by atoms with van der Waals surface area (Å²) >= 11 is 1.47. The highest BCUT2D eigenvalue weighted by Gasteiger charge is 2.29. The van der Waals surface area contributed by atoms with Gasteiger partial charge in [0.1, 0.15) is 5.60 Å². The standard InChI is InChI=1S/C17H26N2O3S/c1-12(18-16(21)22-17(2,3)4)13-7-5-9-19(11-13)15(20)14-8-6-10-23-14/h6,8,10,12-13H,5,7,9,11H2,1-4H3,(H,18,21)/t12-,13-/m0/s1. The maximum atomic E-state index is 12.5. The summed E-state index contributed by atoms with van der Waals surface area (Å²) in [6.07, 6.45) is 1.57. The molecule has 6 heteroatoms. The van der Waals surface area contributed by atoms with Gasteiger partial charge in [-0.1, -0.05) is 6.07 Å². The van der Waals surface area contributed by atoms with Crippen LogP contribution in [0.4, 0.5) is 4.79 Å². The molecule has 128 valence electrons. The molecule has 23 heavy (non-hydrogen) atoms. The quantitative estimate of drug-likeness (QED) is 0.917. The molecule has 0 aromatic carbocycles. The molecule has 0 bridgehead atoms. The number of alkyl carbamates (subject to hydrolysis) is 1. The van der Waals surface area contributed by atoms with E-state index in [2.05, 4.69) is 5.32 Å². The predicted octanol–water partition coefficient (Wildman–Crippen LogP) is 3.51. The number of rotatable bonds is 3. The molecule has 1 aliphatic rings. The van der Waals surface area contributed by atoms with Gasteiger partial charge in [0.15, 0.2) is 0 Å². The van der Waals surface area contributed by atoms with Crippen molar-refractivity contribution in [1.82, 2.24) is 10.2 Å². The molecular weight excluding hydrogens is 312 g/mol. The average molecular weight is 338 g/mol. The third-order valence-electron chi connectivity index (χ3n) is 3.93. The number of nitrogens with one attached hydrogen (secondary N) is 1. The summed E-state index contributed by atoms with van der Waals surface area (Å²) in [5.41, 5.74) is -0.502. The van der Waals surface area contributed by atoms with E-state index in [0.717, 1.165) is 24.3 Å². The number of thiophene rings is 1. The molecule has 2 rings (SSSR count).